The Bertz CT molecular complexity index is 379. The first-order valence-electron chi connectivity index (χ1n) is 5.79. The summed E-state index contributed by atoms with van der Waals surface area (Å²) in [7, 11) is 0. The SMILES string of the molecule is NC(=O)c1nn(CC2CCCCC2)cc1N. The van der Waals surface area contributed by atoms with Gasteiger partial charge in [-0.05, 0) is 18.8 Å². The molecule has 0 spiro atoms. The van der Waals surface area contributed by atoms with Crippen molar-refractivity contribution in [3.05, 3.63) is 11.9 Å². The predicted octanol–water partition coefficient (Wildman–Crippen LogP) is 1.14. The molecule has 1 heterocycles. The van der Waals surface area contributed by atoms with Crippen molar-refractivity contribution >= 4 is 11.6 Å². The first-order chi connectivity index (χ1) is 7.66. The van der Waals surface area contributed by atoms with Gasteiger partial charge < -0.3 is 11.5 Å². The maximum Gasteiger partial charge on any atom is 0.271 e. The van der Waals surface area contributed by atoms with Gasteiger partial charge in [0, 0.05) is 12.7 Å². The third-order valence-corrected chi connectivity index (χ3v) is 3.19. The minimum atomic E-state index is -0.556. The fraction of sp³-hybridized carbons (Fsp3) is 0.636. The number of primary amides is 1. The number of hydrogen-bond acceptors (Lipinski definition) is 3. The van der Waals surface area contributed by atoms with E-state index in [4.69, 9.17) is 11.5 Å². The van der Waals surface area contributed by atoms with Crippen LogP contribution in [0.15, 0.2) is 6.20 Å². The minimum Gasteiger partial charge on any atom is -0.396 e. The summed E-state index contributed by atoms with van der Waals surface area (Å²) >= 11 is 0. The second-order valence-corrected chi connectivity index (χ2v) is 4.52. The highest BCUT2D eigenvalue weighted by molar-refractivity contribution is 5.95. The number of nitrogens with zero attached hydrogens (tertiary/aromatic N) is 2. The second-order valence-electron chi connectivity index (χ2n) is 4.52. The van der Waals surface area contributed by atoms with Gasteiger partial charge in [0.25, 0.3) is 5.91 Å². The molecule has 1 aromatic rings. The van der Waals surface area contributed by atoms with Crippen molar-refractivity contribution in [1.82, 2.24) is 9.78 Å². The molecule has 1 amide bonds. The molecule has 1 aliphatic rings. The van der Waals surface area contributed by atoms with E-state index in [-0.39, 0.29) is 5.69 Å². The Morgan fingerprint density at radius 1 is 1.44 bits per heavy atom. The molecule has 5 nitrogen and oxygen atoms in total. The first kappa shape index (κ1) is 11.0. The Labute approximate surface area is 94.8 Å². The van der Waals surface area contributed by atoms with Crippen molar-refractivity contribution in [2.75, 3.05) is 5.73 Å². The van der Waals surface area contributed by atoms with Crippen LogP contribution in [0.5, 0.6) is 0 Å². The number of rotatable bonds is 3. The largest absolute Gasteiger partial charge is 0.396 e. The van der Waals surface area contributed by atoms with E-state index in [2.05, 4.69) is 5.10 Å². The molecule has 16 heavy (non-hydrogen) atoms. The standard InChI is InChI=1S/C11H18N4O/c12-9-7-15(14-10(9)11(13)16)6-8-4-2-1-3-5-8/h7-8H,1-6,12H2,(H2,13,16). The van der Waals surface area contributed by atoms with Crippen molar-refractivity contribution in [2.24, 2.45) is 11.7 Å². The van der Waals surface area contributed by atoms with Gasteiger partial charge in [-0.15, -0.1) is 0 Å². The monoisotopic (exact) mass is 222 g/mol. The number of nitrogens with two attached hydrogens (primary N) is 2. The van der Waals surface area contributed by atoms with E-state index in [1.54, 1.807) is 10.9 Å². The first-order valence-corrected chi connectivity index (χ1v) is 5.79. The van der Waals surface area contributed by atoms with E-state index >= 15 is 0 Å². The number of carbonyl (C=O) groups excluding carboxylic acids is 1. The van der Waals surface area contributed by atoms with Gasteiger partial charge in [0.15, 0.2) is 5.69 Å². The summed E-state index contributed by atoms with van der Waals surface area (Å²) in [5.74, 6) is 0.105. The maximum atomic E-state index is 11.0. The average Bonchev–Trinajstić information content (AvgIpc) is 2.61. The van der Waals surface area contributed by atoms with E-state index in [0.29, 0.717) is 11.6 Å². The Morgan fingerprint density at radius 3 is 2.69 bits per heavy atom. The molecule has 4 N–H and O–H groups in total. The van der Waals surface area contributed by atoms with Crippen LogP contribution in [0, 0.1) is 5.92 Å². The number of nitrogen functional groups attached to an aromatic ring is 1. The fourth-order valence-electron chi connectivity index (χ4n) is 2.36. The minimum absolute atomic E-state index is 0.191. The lowest BCUT2D eigenvalue weighted by Gasteiger charge is -2.21. The van der Waals surface area contributed by atoms with Crippen molar-refractivity contribution in [3.63, 3.8) is 0 Å². The lowest BCUT2D eigenvalue weighted by atomic mass is 9.89. The van der Waals surface area contributed by atoms with Crippen LogP contribution in [0.1, 0.15) is 42.6 Å². The molecule has 0 aromatic carbocycles. The molecule has 0 unspecified atom stereocenters. The summed E-state index contributed by atoms with van der Waals surface area (Å²) in [6.45, 7) is 0.845. The fourth-order valence-corrected chi connectivity index (χ4v) is 2.36. The normalized spacial score (nSPS) is 17.5. The summed E-state index contributed by atoms with van der Waals surface area (Å²) in [6, 6.07) is 0. The van der Waals surface area contributed by atoms with E-state index in [9.17, 15) is 4.79 Å². The van der Waals surface area contributed by atoms with E-state index in [1.807, 2.05) is 0 Å². The van der Waals surface area contributed by atoms with Gasteiger partial charge in [0.05, 0.1) is 5.69 Å². The van der Waals surface area contributed by atoms with Gasteiger partial charge in [0.2, 0.25) is 0 Å². The molecule has 0 atom stereocenters. The molecule has 0 saturated heterocycles. The zero-order chi connectivity index (χ0) is 11.5. The number of hydrogen-bond donors (Lipinski definition) is 2. The van der Waals surface area contributed by atoms with Gasteiger partial charge in [-0.3, -0.25) is 9.48 Å². The summed E-state index contributed by atoms with van der Waals surface area (Å²) < 4.78 is 1.76. The van der Waals surface area contributed by atoms with Crippen LogP contribution < -0.4 is 11.5 Å². The van der Waals surface area contributed by atoms with Crippen LogP contribution in [0.2, 0.25) is 0 Å². The highest BCUT2D eigenvalue weighted by Crippen LogP contribution is 2.25. The van der Waals surface area contributed by atoms with Crippen molar-refractivity contribution < 1.29 is 4.79 Å². The van der Waals surface area contributed by atoms with Crippen molar-refractivity contribution in [2.45, 2.75) is 38.6 Å². The van der Waals surface area contributed by atoms with Crippen LogP contribution in [-0.4, -0.2) is 15.7 Å². The third-order valence-electron chi connectivity index (χ3n) is 3.19. The molecule has 1 aromatic heterocycles. The van der Waals surface area contributed by atoms with Crippen LogP contribution >= 0.6 is 0 Å². The number of amides is 1. The molecule has 5 heteroatoms. The summed E-state index contributed by atoms with van der Waals surface area (Å²) in [5.41, 5.74) is 11.4. The molecular weight excluding hydrogens is 204 g/mol. The molecule has 2 rings (SSSR count). The number of anilines is 1. The zero-order valence-electron chi connectivity index (χ0n) is 9.35. The lowest BCUT2D eigenvalue weighted by molar-refractivity contribution is 0.0995. The van der Waals surface area contributed by atoms with Crippen molar-refractivity contribution in [3.8, 4) is 0 Å². The predicted molar refractivity (Wildman–Crippen MR) is 61.7 cm³/mol. The van der Waals surface area contributed by atoms with Gasteiger partial charge >= 0.3 is 0 Å². The quantitative estimate of drug-likeness (QED) is 0.804. The summed E-state index contributed by atoms with van der Waals surface area (Å²) in [5, 5.41) is 4.12. The Hall–Kier alpha value is -1.52. The molecule has 1 fully saturated rings. The summed E-state index contributed by atoms with van der Waals surface area (Å²) in [4.78, 5) is 11.0. The Kier molecular flexibility index (Phi) is 3.12. The number of aromatic nitrogens is 2. The van der Waals surface area contributed by atoms with E-state index < -0.39 is 5.91 Å². The van der Waals surface area contributed by atoms with E-state index in [0.717, 1.165) is 6.54 Å². The highest BCUT2D eigenvalue weighted by atomic mass is 16.1. The lowest BCUT2D eigenvalue weighted by Crippen LogP contribution is -2.17. The Morgan fingerprint density at radius 2 is 2.12 bits per heavy atom. The van der Waals surface area contributed by atoms with Crippen LogP contribution in [-0.2, 0) is 6.54 Å². The van der Waals surface area contributed by atoms with Crippen LogP contribution in [0.3, 0.4) is 0 Å². The van der Waals surface area contributed by atoms with Gasteiger partial charge in [0.1, 0.15) is 0 Å². The van der Waals surface area contributed by atoms with Crippen LogP contribution in [0.4, 0.5) is 5.69 Å². The number of carbonyl (C=O) groups is 1. The molecular formula is C11H18N4O. The highest BCUT2D eigenvalue weighted by Gasteiger charge is 2.16. The smallest absolute Gasteiger partial charge is 0.271 e. The molecule has 0 radical (unpaired) electrons. The van der Waals surface area contributed by atoms with Crippen molar-refractivity contribution in [1.29, 1.82) is 0 Å². The second kappa shape index (κ2) is 4.55. The van der Waals surface area contributed by atoms with Gasteiger partial charge in [-0.2, -0.15) is 5.10 Å². The average molecular weight is 222 g/mol. The maximum absolute atomic E-state index is 11.0. The third kappa shape index (κ3) is 2.35. The van der Waals surface area contributed by atoms with Gasteiger partial charge in [-0.25, -0.2) is 0 Å². The molecule has 1 aliphatic carbocycles. The Balaban J connectivity index is 2.03. The van der Waals surface area contributed by atoms with Crippen LogP contribution in [0.25, 0.3) is 0 Å². The molecule has 88 valence electrons. The molecule has 1 saturated carbocycles. The van der Waals surface area contributed by atoms with E-state index in [1.165, 1.54) is 32.1 Å². The zero-order valence-corrected chi connectivity index (χ0v) is 9.35. The topological polar surface area (TPSA) is 86.9 Å². The summed E-state index contributed by atoms with van der Waals surface area (Å²) in [6.07, 6.45) is 8.12. The molecule has 0 aliphatic heterocycles. The van der Waals surface area contributed by atoms with Gasteiger partial charge in [-0.1, -0.05) is 19.3 Å². The molecule has 0 bridgehead atoms.